The summed E-state index contributed by atoms with van der Waals surface area (Å²) in [6.07, 6.45) is 1.78. The normalized spacial score (nSPS) is 10.5. The summed E-state index contributed by atoms with van der Waals surface area (Å²) in [5.74, 6) is 2.23. The van der Waals surface area contributed by atoms with Crippen molar-refractivity contribution in [2.24, 2.45) is 0 Å². The van der Waals surface area contributed by atoms with Crippen LogP contribution in [0.1, 0.15) is 17.1 Å². The lowest BCUT2D eigenvalue weighted by Gasteiger charge is -2.11. The van der Waals surface area contributed by atoms with E-state index >= 15 is 0 Å². The fourth-order valence-electron chi connectivity index (χ4n) is 2.28. The van der Waals surface area contributed by atoms with Gasteiger partial charge in [-0.2, -0.15) is 0 Å². The average Bonchev–Trinajstić information content (AvgIpc) is 2.57. The monoisotopic (exact) mass is 383 g/mol. The lowest BCUT2D eigenvalue weighted by Crippen LogP contribution is -2.06. The van der Waals surface area contributed by atoms with Crippen LogP contribution >= 0.6 is 15.9 Å². The third-order valence-electron chi connectivity index (χ3n) is 3.45. The fraction of sp³-hybridized carbons (Fsp3) is 0.167. The molecule has 0 aliphatic carbocycles. The summed E-state index contributed by atoms with van der Waals surface area (Å²) in [5.41, 5.74) is 3.12. The summed E-state index contributed by atoms with van der Waals surface area (Å²) in [7, 11) is 0. The molecule has 0 saturated carbocycles. The number of halogens is 1. The Bertz CT molecular complexity index is 836. The van der Waals surface area contributed by atoms with Gasteiger partial charge in [-0.25, -0.2) is 9.97 Å². The molecule has 0 amide bonds. The maximum Gasteiger partial charge on any atom is 0.136 e. The van der Waals surface area contributed by atoms with Crippen molar-refractivity contribution in [3.8, 4) is 0 Å². The Morgan fingerprint density at radius 3 is 2.58 bits per heavy atom. The number of aromatic nitrogens is 3. The zero-order valence-electron chi connectivity index (χ0n) is 13.5. The summed E-state index contributed by atoms with van der Waals surface area (Å²) in [6.45, 7) is 4.55. The maximum atomic E-state index is 4.45. The first-order valence-corrected chi connectivity index (χ1v) is 8.42. The van der Waals surface area contributed by atoms with E-state index in [1.54, 1.807) is 6.20 Å². The molecule has 0 saturated heterocycles. The quantitative estimate of drug-likeness (QED) is 0.673. The van der Waals surface area contributed by atoms with Crippen LogP contribution in [0.4, 0.5) is 17.3 Å². The van der Waals surface area contributed by atoms with Crippen LogP contribution in [-0.4, -0.2) is 15.0 Å². The molecule has 3 rings (SSSR count). The molecule has 2 heterocycles. The second-order valence-electron chi connectivity index (χ2n) is 5.45. The maximum absolute atomic E-state index is 4.45. The molecule has 122 valence electrons. The van der Waals surface area contributed by atoms with Crippen molar-refractivity contribution in [2.45, 2.75) is 20.4 Å². The highest BCUT2D eigenvalue weighted by molar-refractivity contribution is 9.10. The summed E-state index contributed by atoms with van der Waals surface area (Å²) in [5, 5.41) is 6.61. The highest BCUT2D eigenvalue weighted by Crippen LogP contribution is 2.23. The molecule has 0 unspecified atom stereocenters. The van der Waals surface area contributed by atoms with Gasteiger partial charge in [0.1, 0.15) is 17.5 Å². The lowest BCUT2D eigenvalue weighted by atomic mass is 10.2. The van der Waals surface area contributed by atoms with E-state index in [9.17, 15) is 0 Å². The number of hydrogen-bond donors (Lipinski definition) is 2. The van der Waals surface area contributed by atoms with Crippen LogP contribution in [0.15, 0.2) is 53.1 Å². The third kappa shape index (κ3) is 4.29. The van der Waals surface area contributed by atoms with Crippen LogP contribution < -0.4 is 10.6 Å². The summed E-state index contributed by atoms with van der Waals surface area (Å²) in [4.78, 5) is 13.2. The van der Waals surface area contributed by atoms with Crippen molar-refractivity contribution in [1.29, 1.82) is 0 Å². The minimum atomic E-state index is 0.619. The summed E-state index contributed by atoms with van der Waals surface area (Å²) >= 11 is 3.51. The first kappa shape index (κ1) is 16.4. The minimum absolute atomic E-state index is 0.619. The van der Waals surface area contributed by atoms with Crippen LogP contribution in [0, 0.1) is 13.8 Å². The number of hydrogen-bond acceptors (Lipinski definition) is 5. The standard InChI is InChI=1S/C18H18BrN5/c1-12-9-14(6-7-16(12)19)24-18-10-17(22-13(2)23-18)21-11-15-5-3-4-8-20-15/h3-10H,11H2,1-2H3,(H2,21,22,23,24). The number of nitrogens with zero attached hydrogens (tertiary/aromatic N) is 3. The van der Waals surface area contributed by atoms with E-state index in [1.165, 1.54) is 5.56 Å². The third-order valence-corrected chi connectivity index (χ3v) is 4.33. The van der Waals surface area contributed by atoms with Gasteiger partial charge in [0.2, 0.25) is 0 Å². The molecule has 2 N–H and O–H groups in total. The second kappa shape index (κ2) is 7.40. The lowest BCUT2D eigenvalue weighted by molar-refractivity contribution is 0.996. The molecule has 1 aromatic carbocycles. The average molecular weight is 384 g/mol. The van der Waals surface area contributed by atoms with E-state index in [-0.39, 0.29) is 0 Å². The van der Waals surface area contributed by atoms with Gasteiger partial charge >= 0.3 is 0 Å². The number of anilines is 3. The molecule has 24 heavy (non-hydrogen) atoms. The Hall–Kier alpha value is -2.47. The van der Waals surface area contributed by atoms with E-state index in [0.29, 0.717) is 12.4 Å². The largest absolute Gasteiger partial charge is 0.364 e. The molecule has 2 aromatic heterocycles. The Kier molecular flexibility index (Phi) is 5.05. The van der Waals surface area contributed by atoms with Gasteiger partial charge in [-0.1, -0.05) is 22.0 Å². The molecular weight excluding hydrogens is 366 g/mol. The molecule has 0 spiro atoms. The molecule has 0 atom stereocenters. The highest BCUT2D eigenvalue weighted by Gasteiger charge is 2.04. The van der Waals surface area contributed by atoms with Crippen molar-refractivity contribution in [3.63, 3.8) is 0 Å². The zero-order valence-corrected chi connectivity index (χ0v) is 15.1. The molecule has 0 aliphatic heterocycles. The van der Waals surface area contributed by atoms with Gasteiger partial charge < -0.3 is 10.6 Å². The predicted octanol–water partition coefficient (Wildman–Crippen LogP) is 4.61. The number of benzene rings is 1. The second-order valence-corrected chi connectivity index (χ2v) is 6.30. The van der Waals surface area contributed by atoms with Gasteiger partial charge in [-0.3, -0.25) is 4.98 Å². The number of nitrogens with one attached hydrogen (secondary N) is 2. The fourth-order valence-corrected chi connectivity index (χ4v) is 2.52. The highest BCUT2D eigenvalue weighted by atomic mass is 79.9. The van der Waals surface area contributed by atoms with Crippen LogP contribution in [0.5, 0.6) is 0 Å². The Morgan fingerprint density at radius 1 is 1.00 bits per heavy atom. The van der Waals surface area contributed by atoms with E-state index in [0.717, 1.165) is 27.5 Å². The summed E-state index contributed by atoms with van der Waals surface area (Å²) < 4.78 is 1.09. The zero-order chi connectivity index (χ0) is 16.9. The minimum Gasteiger partial charge on any atom is -0.364 e. The topological polar surface area (TPSA) is 62.7 Å². The molecule has 0 radical (unpaired) electrons. The van der Waals surface area contributed by atoms with Crippen molar-refractivity contribution >= 4 is 33.3 Å². The van der Waals surface area contributed by atoms with Crippen LogP contribution in [-0.2, 0) is 6.54 Å². The predicted molar refractivity (Wildman–Crippen MR) is 100 cm³/mol. The molecule has 6 heteroatoms. The smallest absolute Gasteiger partial charge is 0.136 e. The Balaban J connectivity index is 1.74. The first-order chi connectivity index (χ1) is 11.6. The van der Waals surface area contributed by atoms with Crippen molar-refractivity contribution in [3.05, 3.63) is 70.2 Å². The molecule has 0 fully saturated rings. The molecule has 3 aromatic rings. The van der Waals surface area contributed by atoms with Gasteiger partial charge in [0.05, 0.1) is 12.2 Å². The Labute approximate surface area is 149 Å². The molecule has 0 aliphatic rings. The van der Waals surface area contributed by atoms with Gasteiger partial charge in [-0.05, 0) is 49.7 Å². The van der Waals surface area contributed by atoms with Crippen LogP contribution in [0.2, 0.25) is 0 Å². The molecular formula is C18H18BrN5. The number of pyridine rings is 1. The van der Waals surface area contributed by atoms with Crippen LogP contribution in [0.25, 0.3) is 0 Å². The Morgan fingerprint density at radius 2 is 1.83 bits per heavy atom. The van der Waals surface area contributed by atoms with Crippen molar-refractivity contribution < 1.29 is 0 Å². The van der Waals surface area contributed by atoms with Gasteiger partial charge in [0, 0.05) is 22.4 Å². The van der Waals surface area contributed by atoms with Crippen molar-refractivity contribution in [2.75, 3.05) is 10.6 Å². The SMILES string of the molecule is Cc1nc(NCc2ccccn2)cc(Nc2ccc(Br)c(C)c2)n1. The van der Waals surface area contributed by atoms with Gasteiger partial charge in [0.25, 0.3) is 0 Å². The number of aryl methyl sites for hydroxylation is 2. The van der Waals surface area contributed by atoms with E-state index in [2.05, 4.69) is 54.5 Å². The van der Waals surface area contributed by atoms with E-state index in [1.807, 2.05) is 43.3 Å². The molecule has 0 bridgehead atoms. The number of rotatable bonds is 5. The van der Waals surface area contributed by atoms with E-state index in [4.69, 9.17) is 0 Å². The van der Waals surface area contributed by atoms with Gasteiger partial charge in [-0.15, -0.1) is 0 Å². The summed E-state index contributed by atoms with van der Waals surface area (Å²) in [6, 6.07) is 13.8. The van der Waals surface area contributed by atoms with E-state index < -0.39 is 0 Å². The van der Waals surface area contributed by atoms with Gasteiger partial charge in [0.15, 0.2) is 0 Å². The van der Waals surface area contributed by atoms with Crippen LogP contribution in [0.3, 0.4) is 0 Å². The van der Waals surface area contributed by atoms with Crippen molar-refractivity contribution in [1.82, 2.24) is 15.0 Å². The first-order valence-electron chi connectivity index (χ1n) is 7.63. The molecule has 5 nitrogen and oxygen atoms in total.